The third-order valence-corrected chi connectivity index (χ3v) is 3.97. The summed E-state index contributed by atoms with van der Waals surface area (Å²) in [6, 6.07) is 11.7. The minimum absolute atomic E-state index is 0.117. The first-order valence-electron chi connectivity index (χ1n) is 7.47. The van der Waals surface area contributed by atoms with Crippen LogP contribution in [0, 0.1) is 0 Å². The van der Waals surface area contributed by atoms with Crippen LogP contribution in [0.4, 0.5) is 0 Å². The second kappa shape index (κ2) is 5.93. The molecular weight excluding hydrogens is 292 g/mol. The van der Waals surface area contributed by atoms with Crippen LogP contribution in [0.15, 0.2) is 54.9 Å². The Morgan fingerprint density at radius 1 is 1.13 bits per heavy atom. The molecule has 0 radical (unpaired) electrons. The second-order valence-corrected chi connectivity index (χ2v) is 5.92. The number of carbonyl (C=O) groups is 2. The molecule has 1 aromatic carbocycles. The average molecular weight is 310 g/mol. The number of pyridine rings is 1. The molecule has 1 amide bonds. The molecule has 0 spiro atoms. The van der Waals surface area contributed by atoms with Crippen molar-refractivity contribution in [2.45, 2.75) is 25.6 Å². The maximum Gasteiger partial charge on any atom is 0.258 e. The number of nitrogens with zero attached hydrogens (tertiary/aromatic N) is 2. The molecule has 0 unspecified atom stereocenters. The predicted molar refractivity (Wildman–Crippen MR) is 85.0 cm³/mol. The number of rotatable bonds is 3. The molecule has 1 aliphatic heterocycles. The Labute approximate surface area is 134 Å². The topological polar surface area (TPSA) is 59.5 Å². The lowest BCUT2D eigenvalue weighted by atomic mass is 10.0. The van der Waals surface area contributed by atoms with Crippen LogP contribution in [0.2, 0.25) is 0 Å². The third-order valence-electron chi connectivity index (χ3n) is 3.97. The number of ether oxygens (including phenoxy) is 1. The van der Waals surface area contributed by atoms with Gasteiger partial charge in [-0.15, -0.1) is 0 Å². The number of amides is 1. The summed E-state index contributed by atoms with van der Waals surface area (Å²) in [6.07, 6.45) is 3.11. The van der Waals surface area contributed by atoms with Crippen LogP contribution in [0.1, 0.15) is 34.6 Å². The van der Waals surface area contributed by atoms with Crippen molar-refractivity contribution in [2.75, 3.05) is 6.61 Å². The van der Waals surface area contributed by atoms with E-state index in [1.807, 2.05) is 18.2 Å². The fourth-order valence-corrected chi connectivity index (χ4v) is 2.80. The van der Waals surface area contributed by atoms with Gasteiger partial charge in [0, 0.05) is 18.0 Å². The Morgan fingerprint density at radius 3 is 2.48 bits per heavy atom. The molecule has 0 saturated carbocycles. The Hall–Kier alpha value is -2.53. The minimum atomic E-state index is -0.845. The van der Waals surface area contributed by atoms with Crippen LogP contribution in [-0.4, -0.2) is 39.9 Å². The molecule has 1 saturated heterocycles. The summed E-state index contributed by atoms with van der Waals surface area (Å²) < 4.78 is 5.71. The van der Waals surface area contributed by atoms with Gasteiger partial charge >= 0.3 is 0 Å². The Morgan fingerprint density at radius 2 is 1.83 bits per heavy atom. The number of hydrogen-bond acceptors (Lipinski definition) is 4. The summed E-state index contributed by atoms with van der Waals surface area (Å²) in [7, 11) is 0. The Balaban J connectivity index is 1.94. The van der Waals surface area contributed by atoms with E-state index >= 15 is 0 Å². The van der Waals surface area contributed by atoms with Crippen molar-refractivity contribution in [1.82, 2.24) is 9.88 Å². The summed E-state index contributed by atoms with van der Waals surface area (Å²) in [5.74, 6) is -0.372. The van der Waals surface area contributed by atoms with Gasteiger partial charge in [0.25, 0.3) is 5.91 Å². The third kappa shape index (κ3) is 2.87. The molecule has 1 atom stereocenters. The zero-order valence-corrected chi connectivity index (χ0v) is 13.1. The number of carbonyl (C=O) groups excluding carboxylic acids is 2. The first-order valence-corrected chi connectivity index (χ1v) is 7.47. The largest absolute Gasteiger partial charge is 0.353 e. The zero-order valence-electron chi connectivity index (χ0n) is 13.1. The lowest BCUT2D eigenvalue weighted by Gasteiger charge is -2.33. The van der Waals surface area contributed by atoms with Crippen molar-refractivity contribution in [3.63, 3.8) is 0 Å². The maximum atomic E-state index is 12.9. The number of ketones is 1. The highest BCUT2D eigenvalue weighted by atomic mass is 16.5. The molecule has 118 valence electrons. The molecule has 1 aromatic heterocycles. The van der Waals surface area contributed by atoms with Crippen LogP contribution in [-0.2, 0) is 4.74 Å². The molecular formula is C18H18N2O3. The van der Waals surface area contributed by atoms with E-state index in [-0.39, 0.29) is 18.3 Å². The molecule has 0 bridgehead atoms. The highest BCUT2D eigenvalue weighted by Gasteiger charge is 2.47. The summed E-state index contributed by atoms with van der Waals surface area (Å²) in [5.41, 5.74) is 0.168. The first-order chi connectivity index (χ1) is 11.0. The first kappa shape index (κ1) is 15.4. The number of aromatic nitrogens is 1. The van der Waals surface area contributed by atoms with E-state index in [4.69, 9.17) is 4.74 Å². The summed E-state index contributed by atoms with van der Waals surface area (Å²) in [5, 5.41) is 0. The summed E-state index contributed by atoms with van der Waals surface area (Å²) >= 11 is 0. The molecule has 23 heavy (non-hydrogen) atoms. The van der Waals surface area contributed by atoms with E-state index in [9.17, 15) is 9.59 Å². The highest BCUT2D eigenvalue weighted by Crippen LogP contribution is 2.30. The normalized spacial score (nSPS) is 19.6. The van der Waals surface area contributed by atoms with Gasteiger partial charge in [0.1, 0.15) is 11.8 Å². The van der Waals surface area contributed by atoms with Crippen molar-refractivity contribution in [3.8, 4) is 0 Å². The van der Waals surface area contributed by atoms with Crippen LogP contribution < -0.4 is 0 Å². The van der Waals surface area contributed by atoms with Gasteiger partial charge in [-0.2, -0.15) is 0 Å². The van der Waals surface area contributed by atoms with E-state index in [2.05, 4.69) is 4.98 Å². The van der Waals surface area contributed by atoms with Gasteiger partial charge in [-0.3, -0.25) is 19.5 Å². The van der Waals surface area contributed by atoms with Crippen LogP contribution in [0.25, 0.3) is 0 Å². The van der Waals surface area contributed by atoms with Crippen molar-refractivity contribution in [2.24, 2.45) is 0 Å². The zero-order chi connectivity index (χ0) is 16.4. The molecule has 1 aliphatic rings. The van der Waals surface area contributed by atoms with Gasteiger partial charge in [-0.25, -0.2) is 0 Å². The van der Waals surface area contributed by atoms with E-state index in [1.165, 1.54) is 11.1 Å². The molecule has 2 heterocycles. The molecule has 0 N–H and O–H groups in total. The van der Waals surface area contributed by atoms with Gasteiger partial charge in [-0.1, -0.05) is 30.3 Å². The fraction of sp³-hybridized carbons (Fsp3) is 0.278. The van der Waals surface area contributed by atoms with Crippen molar-refractivity contribution < 1.29 is 14.3 Å². The summed E-state index contributed by atoms with van der Waals surface area (Å²) in [6.45, 7) is 3.77. The van der Waals surface area contributed by atoms with Gasteiger partial charge in [0.15, 0.2) is 5.78 Å². The molecule has 5 heteroatoms. The smallest absolute Gasteiger partial charge is 0.258 e. The Kier molecular flexibility index (Phi) is 3.96. The maximum absolute atomic E-state index is 12.9. The highest BCUT2D eigenvalue weighted by molar-refractivity contribution is 6.04. The summed E-state index contributed by atoms with van der Waals surface area (Å²) in [4.78, 5) is 31.1. The lowest BCUT2D eigenvalue weighted by Crippen LogP contribution is -2.50. The quantitative estimate of drug-likeness (QED) is 0.818. The van der Waals surface area contributed by atoms with Crippen molar-refractivity contribution in [3.05, 3.63) is 66.0 Å². The molecule has 5 nitrogen and oxygen atoms in total. The van der Waals surface area contributed by atoms with E-state index < -0.39 is 11.8 Å². The van der Waals surface area contributed by atoms with Crippen LogP contribution in [0.5, 0.6) is 0 Å². The van der Waals surface area contributed by atoms with E-state index in [0.717, 1.165) is 0 Å². The van der Waals surface area contributed by atoms with Gasteiger partial charge in [0.05, 0.1) is 12.2 Å². The monoisotopic (exact) mass is 310 g/mol. The second-order valence-electron chi connectivity index (χ2n) is 5.92. The molecule has 0 aliphatic carbocycles. The number of hydrogen-bond donors (Lipinski definition) is 0. The molecule has 1 fully saturated rings. The average Bonchev–Trinajstić information content (AvgIpc) is 2.90. The Bertz CT molecular complexity index is 714. The molecule has 2 aromatic rings. The van der Waals surface area contributed by atoms with Crippen LogP contribution >= 0.6 is 0 Å². The lowest BCUT2D eigenvalue weighted by molar-refractivity contribution is -0.0397. The standard InChI is InChI=1S/C18H18N2O3/c1-18(2)20(17(22)14-9-6-10-19-11-14)15(12-23-18)16(21)13-7-4-3-5-8-13/h3-11,15H,12H2,1-2H3/t15-/m1/s1. The van der Waals surface area contributed by atoms with Crippen LogP contribution in [0.3, 0.4) is 0 Å². The van der Waals surface area contributed by atoms with Crippen molar-refractivity contribution in [1.29, 1.82) is 0 Å². The van der Waals surface area contributed by atoms with E-state index in [1.54, 1.807) is 44.3 Å². The predicted octanol–water partition coefficient (Wildman–Crippen LogP) is 2.54. The van der Waals surface area contributed by atoms with Gasteiger partial charge in [-0.05, 0) is 26.0 Å². The number of Topliss-reactive ketones (excluding diaryl/α,β-unsaturated/α-hetero) is 1. The number of benzene rings is 1. The molecule has 3 rings (SSSR count). The minimum Gasteiger partial charge on any atom is -0.353 e. The van der Waals surface area contributed by atoms with Gasteiger partial charge in [0.2, 0.25) is 0 Å². The van der Waals surface area contributed by atoms with Crippen molar-refractivity contribution >= 4 is 11.7 Å². The fourth-order valence-electron chi connectivity index (χ4n) is 2.80. The van der Waals surface area contributed by atoms with Gasteiger partial charge < -0.3 is 4.74 Å². The SMILES string of the molecule is CC1(C)OC[C@H](C(=O)c2ccccc2)N1C(=O)c1cccnc1. The van der Waals surface area contributed by atoms with E-state index in [0.29, 0.717) is 11.1 Å².